The quantitative estimate of drug-likeness (QED) is 0.948. The van der Waals surface area contributed by atoms with E-state index in [4.69, 9.17) is 4.84 Å². The molecule has 0 aromatic carbocycles. The van der Waals surface area contributed by atoms with E-state index in [0.717, 1.165) is 15.5 Å². The summed E-state index contributed by atoms with van der Waals surface area (Å²) in [7, 11) is 0. The zero-order chi connectivity index (χ0) is 14.2. The standard InChI is InChI=1S/C13H13N3O2S2/c1-8-7-14-12(20-8)15-11(17)13(2)6-9(16-18-13)10-4-3-5-19-10/h3-5,7H,6H2,1-2H3,(H,14,15,17)/t13-/m0/s1. The number of carbonyl (C=O) groups excluding carboxylic acids is 1. The lowest BCUT2D eigenvalue weighted by molar-refractivity contribution is -0.135. The smallest absolute Gasteiger partial charge is 0.273 e. The molecule has 1 N–H and O–H groups in total. The minimum atomic E-state index is -0.973. The molecule has 0 saturated heterocycles. The van der Waals surface area contributed by atoms with Crippen molar-refractivity contribution >= 4 is 39.4 Å². The van der Waals surface area contributed by atoms with Gasteiger partial charge in [0.2, 0.25) is 5.60 Å². The summed E-state index contributed by atoms with van der Waals surface area (Å²) in [5.74, 6) is -0.220. The molecule has 104 valence electrons. The van der Waals surface area contributed by atoms with Crippen molar-refractivity contribution in [2.24, 2.45) is 5.16 Å². The zero-order valence-electron chi connectivity index (χ0n) is 11.0. The van der Waals surface area contributed by atoms with Gasteiger partial charge in [0.15, 0.2) is 5.13 Å². The van der Waals surface area contributed by atoms with Crippen LogP contribution in [0.1, 0.15) is 23.1 Å². The summed E-state index contributed by atoms with van der Waals surface area (Å²) >= 11 is 3.03. The van der Waals surface area contributed by atoms with Gasteiger partial charge in [0.1, 0.15) is 5.71 Å². The molecule has 5 nitrogen and oxygen atoms in total. The number of aromatic nitrogens is 1. The first-order valence-corrected chi connectivity index (χ1v) is 7.79. The molecule has 1 aliphatic rings. The SMILES string of the molecule is Cc1cnc(NC(=O)[C@]2(C)CC(c3cccs3)=NO2)s1. The molecule has 0 aliphatic carbocycles. The van der Waals surface area contributed by atoms with Gasteiger partial charge in [-0.25, -0.2) is 4.98 Å². The predicted molar refractivity (Wildman–Crippen MR) is 80.4 cm³/mol. The van der Waals surface area contributed by atoms with Crippen LogP contribution >= 0.6 is 22.7 Å². The highest BCUT2D eigenvalue weighted by atomic mass is 32.1. The summed E-state index contributed by atoms with van der Waals surface area (Å²) in [6, 6.07) is 3.93. The van der Waals surface area contributed by atoms with Crippen molar-refractivity contribution in [1.82, 2.24) is 4.98 Å². The lowest BCUT2D eigenvalue weighted by Gasteiger charge is -2.19. The highest BCUT2D eigenvalue weighted by molar-refractivity contribution is 7.15. The van der Waals surface area contributed by atoms with Gasteiger partial charge in [-0.15, -0.1) is 22.7 Å². The topological polar surface area (TPSA) is 63.6 Å². The molecule has 1 aliphatic heterocycles. The van der Waals surface area contributed by atoms with Gasteiger partial charge in [0.25, 0.3) is 5.91 Å². The number of amides is 1. The molecule has 3 heterocycles. The largest absolute Gasteiger partial charge is 0.379 e. The van der Waals surface area contributed by atoms with Crippen molar-refractivity contribution in [2.45, 2.75) is 25.9 Å². The second kappa shape index (κ2) is 4.99. The van der Waals surface area contributed by atoms with Gasteiger partial charge in [-0.2, -0.15) is 0 Å². The number of thiophene rings is 1. The molecule has 1 amide bonds. The van der Waals surface area contributed by atoms with Crippen molar-refractivity contribution in [3.63, 3.8) is 0 Å². The maximum absolute atomic E-state index is 12.3. The van der Waals surface area contributed by atoms with Gasteiger partial charge in [-0.1, -0.05) is 11.2 Å². The Labute approximate surface area is 124 Å². The Hall–Kier alpha value is -1.73. The lowest BCUT2D eigenvalue weighted by Crippen LogP contribution is -2.40. The van der Waals surface area contributed by atoms with Crippen LogP contribution in [-0.2, 0) is 9.63 Å². The van der Waals surface area contributed by atoms with Gasteiger partial charge >= 0.3 is 0 Å². The van der Waals surface area contributed by atoms with Gasteiger partial charge in [0.05, 0.1) is 4.88 Å². The maximum Gasteiger partial charge on any atom is 0.273 e. The Balaban J connectivity index is 1.70. The van der Waals surface area contributed by atoms with Crippen molar-refractivity contribution < 1.29 is 9.63 Å². The van der Waals surface area contributed by atoms with Crippen molar-refractivity contribution in [3.8, 4) is 0 Å². The summed E-state index contributed by atoms with van der Waals surface area (Å²) in [6.45, 7) is 3.69. The molecule has 1 atom stereocenters. The molecule has 2 aromatic rings. The predicted octanol–water partition coefficient (Wildman–Crippen LogP) is 3.03. The molecule has 0 radical (unpaired) electrons. The van der Waals surface area contributed by atoms with Gasteiger partial charge < -0.3 is 4.84 Å². The number of hydrogen-bond acceptors (Lipinski definition) is 6. The zero-order valence-corrected chi connectivity index (χ0v) is 12.7. The highest BCUT2D eigenvalue weighted by Gasteiger charge is 2.42. The summed E-state index contributed by atoms with van der Waals surface area (Å²) in [6.07, 6.45) is 2.19. The van der Waals surface area contributed by atoms with Crippen LogP contribution in [0.3, 0.4) is 0 Å². The molecule has 0 bridgehead atoms. The van der Waals surface area contributed by atoms with E-state index in [1.165, 1.54) is 11.3 Å². The van der Waals surface area contributed by atoms with E-state index < -0.39 is 5.60 Å². The number of nitrogens with zero attached hydrogens (tertiary/aromatic N) is 2. The highest BCUT2D eigenvalue weighted by Crippen LogP contribution is 2.30. The van der Waals surface area contributed by atoms with Gasteiger partial charge in [0, 0.05) is 17.5 Å². The Kier molecular flexibility index (Phi) is 3.31. The van der Waals surface area contributed by atoms with Crippen molar-refractivity contribution in [3.05, 3.63) is 33.5 Å². The number of rotatable bonds is 3. The average molecular weight is 307 g/mol. The van der Waals surface area contributed by atoms with E-state index in [0.29, 0.717) is 11.6 Å². The summed E-state index contributed by atoms with van der Waals surface area (Å²) in [5, 5.41) is 9.40. The molecule has 0 fully saturated rings. The second-order valence-electron chi connectivity index (χ2n) is 4.74. The average Bonchev–Trinajstić information content (AvgIpc) is 3.10. The molecular formula is C13H13N3O2S2. The van der Waals surface area contributed by atoms with Crippen molar-refractivity contribution in [1.29, 1.82) is 0 Å². The van der Waals surface area contributed by atoms with Crippen LogP contribution in [0.2, 0.25) is 0 Å². The maximum atomic E-state index is 12.3. The minimum absolute atomic E-state index is 0.220. The number of nitrogens with one attached hydrogen (secondary N) is 1. The molecule has 0 spiro atoms. The molecular weight excluding hydrogens is 294 g/mol. The van der Waals surface area contributed by atoms with Gasteiger partial charge in [-0.3, -0.25) is 10.1 Å². The number of anilines is 1. The number of thiazole rings is 1. The fourth-order valence-electron chi connectivity index (χ4n) is 1.88. The van der Waals surface area contributed by atoms with E-state index >= 15 is 0 Å². The van der Waals surface area contributed by atoms with Crippen LogP contribution in [0.15, 0.2) is 28.9 Å². The fraction of sp³-hybridized carbons (Fsp3) is 0.308. The number of hydrogen-bond donors (Lipinski definition) is 1. The Morgan fingerprint density at radius 2 is 2.40 bits per heavy atom. The summed E-state index contributed by atoms with van der Waals surface area (Å²) in [4.78, 5) is 23.9. The van der Waals surface area contributed by atoms with Crippen LogP contribution in [-0.4, -0.2) is 22.2 Å². The normalized spacial score (nSPS) is 21.4. The number of aryl methyl sites for hydroxylation is 1. The Morgan fingerprint density at radius 3 is 3.05 bits per heavy atom. The third-order valence-corrected chi connectivity index (χ3v) is 4.74. The van der Waals surface area contributed by atoms with E-state index in [9.17, 15) is 4.79 Å². The summed E-state index contributed by atoms with van der Waals surface area (Å²) in [5.41, 5.74) is -0.160. The summed E-state index contributed by atoms with van der Waals surface area (Å²) < 4.78 is 0. The number of oxime groups is 1. The molecule has 0 unspecified atom stereocenters. The van der Waals surface area contributed by atoms with Crippen LogP contribution in [0.5, 0.6) is 0 Å². The third-order valence-electron chi connectivity index (χ3n) is 2.99. The monoisotopic (exact) mass is 307 g/mol. The fourth-order valence-corrected chi connectivity index (χ4v) is 3.24. The second-order valence-corrected chi connectivity index (χ2v) is 6.93. The van der Waals surface area contributed by atoms with Crippen molar-refractivity contribution in [2.75, 3.05) is 5.32 Å². The van der Waals surface area contributed by atoms with E-state index in [1.807, 2.05) is 24.4 Å². The van der Waals surface area contributed by atoms with E-state index in [2.05, 4.69) is 15.5 Å². The molecule has 20 heavy (non-hydrogen) atoms. The third kappa shape index (κ3) is 2.46. The van der Waals surface area contributed by atoms with E-state index in [-0.39, 0.29) is 5.91 Å². The van der Waals surface area contributed by atoms with E-state index in [1.54, 1.807) is 24.5 Å². The van der Waals surface area contributed by atoms with Crippen LogP contribution in [0.4, 0.5) is 5.13 Å². The Morgan fingerprint density at radius 1 is 1.55 bits per heavy atom. The van der Waals surface area contributed by atoms with Crippen LogP contribution in [0.25, 0.3) is 0 Å². The molecule has 2 aromatic heterocycles. The van der Waals surface area contributed by atoms with Crippen LogP contribution < -0.4 is 5.32 Å². The van der Waals surface area contributed by atoms with Gasteiger partial charge in [-0.05, 0) is 25.3 Å². The molecule has 3 rings (SSSR count). The Bertz CT molecular complexity index is 663. The first-order valence-electron chi connectivity index (χ1n) is 6.10. The lowest BCUT2D eigenvalue weighted by atomic mass is 9.98. The molecule has 0 saturated carbocycles. The first kappa shape index (κ1) is 13.3. The molecule has 7 heteroatoms. The number of carbonyl (C=O) groups is 1. The minimum Gasteiger partial charge on any atom is -0.379 e. The van der Waals surface area contributed by atoms with Crippen LogP contribution in [0, 0.1) is 6.92 Å². The first-order chi connectivity index (χ1) is 9.57.